The SMILES string of the molecule is O=[N+]([O-])c1cc(S(=O)(=O)NCCc2ccccc2F)ccc1F. The summed E-state index contributed by atoms with van der Waals surface area (Å²) >= 11 is 0. The molecule has 2 aromatic carbocycles. The van der Waals surface area contributed by atoms with Gasteiger partial charge < -0.3 is 0 Å². The lowest BCUT2D eigenvalue weighted by molar-refractivity contribution is -0.387. The van der Waals surface area contributed by atoms with Gasteiger partial charge in [0.15, 0.2) is 0 Å². The second kappa shape index (κ2) is 6.80. The number of sulfonamides is 1. The molecule has 0 aliphatic heterocycles. The molecule has 0 unspecified atom stereocenters. The number of benzene rings is 2. The quantitative estimate of drug-likeness (QED) is 0.645. The Balaban J connectivity index is 2.12. The smallest absolute Gasteiger partial charge is 0.258 e. The summed E-state index contributed by atoms with van der Waals surface area (Å²) in [6, 6.07) is 8.19. The average molecular weight is 342 g/mol. The van der Waals surface area contributed by atoms with Crippen molar-refractivity contribution in [1.82, 2.24) is 4.72 Å². The topological polar surface area (TPSA) is 89.3 Å². The van der Waals surface area contributed by atoms with Crippen LogP contribution in [0.1, 0.15) is 5.56 Å². The van der Waals surface area contributed by atoms with Crippen molar-refractivity contribution in [2.45, 2.75) is 11.3 Å². The van der Waals surface area contributed by atoms with E-state index in [1.54, 1.807) is 6.07 Å². The van der Waals surface area contributed by atoms with E-state index in [4.69, 9.17) is 0 Å². The number of nitro groups is 1. The second-order valence-corrected chi connectivity index (χ2v) is 6.38. The van der Waals surface area contributed by atoms with Crippen molar-refractivity contribution < 1.29 is 22.1 Å². The van der Waals surface area contributed by atoms with Gasteiger partial charge in [-0.1, -0.05) is 18.2 Å². The molecule has 0 atom stereocenters. The first kappa shape index (κ1) is 17.0. The van der Waals surface area contributed by atoms with Gasteiger partial charge in [0.2, 0.25) is 15.8 Å². The zero-order chi connectivity index (χ0) is 17.0. The minimum atomic E-state index is -4.06. The van der Waals surface area contributed by atoms with Gasteiger partial charge in [0, 0.05) is 12.6 Å². The van der Waals surface area contributed by atoms with Gasteiger partial charge in [0.1, 0.15) is 5.82 Å². The minimum absolute atomic E-state index is 0.103. The molecule has 6 nitrogen and oxygen atoms in total. The fraction of sp³-hybridized carbons (Fsp3) is 0.143. The molecule has 23 heavy (non-hydrogen) atoms. The summed E-state index contributed by atoms with van der Waals surface area (Å²) in [6.07, 6.45) is 0.106. The molecule has 0 radical (unpaired) electrons. The van der Waals surface area contributed by atoms with Crippen LogP contribution in [0, 0.1) is 21.7 Å². The van der Waals surface area contributed by atoms with Gasteiger partial charge in [0.25, 0.3) is 0 Å². The molecule has 0 spiro atoms. The van der Waals surface area contributed by atoms with Crippen LogP contribution in [0.15, 0.2) is 47.4 Å². The van der Waals surface area contributed by atoms with E-state index in [9.17, 15) is 27.3 Å². The van der Waals surface area contributed by atoms with E-state index in [0.717, 1.165) is 6.07 Å². The van der Waals surface area contributed by atoms with Crippen molar-refractivity contribution in [3.8, 4) is 0 Å². The fourth-order valence-corrected chi connectivity index (χ4v) is 2.96. The molecule has 0 saturated heterocycles. The highest BCUT2D eigenvalue weighted by Crippen LogP contribution is 2.21. The summed E-state index contributed by atoms with van der Waals surface area (Å²) in [7, 11) is -4.06. The Labute approximate surface area is 131 Å². The third kappa shape index (κ3) is 4.08. The third-order valence-electron chi connectivity index (χ3n) is 3.07. The van der Waals surface area contributed by atoms with Crippen LogP contribution in [-0.2, 0) is 16.4 Å². The summed E-state index contributed by atoms with van der Waals surface area (Å²) in [4.78, 5) is 9.21. The first-order valence-electron chi connectivity index (χ1n) is 6.48. The summed E-state index contributed by atoms with van der Waals surface area (Å²) < 4.78 is 52.9. The van der Waals surface area contributed by atoms with Crippen molar-refractivity contribution >= 4 is 15.7 Å². The van der Waals surface area contributed by atoms with Crippen LogP contribution in [0.4, 0.5) is 14.5 Å². The summed E-state index contributed by atoms with van der Waals surface area (Å²) in [6.45, 7) is -0.103. The number of nitrogens with one attached hydrogen (secondary N) is 1. The Bertz CT molecular complexity index is 840. The van der Waals surface area contributed by atoms with Crippen LogP contribution in [0.25, 0.3) is 0 Å². The lowest BCUT2D eigenvalue weighted by Gasteiger charge is -2.07. The first-order chi connectivity index (χ1) is 10.8. The average Bonchev–Trinajstić information content (AvgIpc) is 2.49. The maximum absolute atomic E-state index is 13.4. The molecule has 0 bridgehead atoms. The van der Waals surface area contributed by atoms with Crippen LogP contribution in [0.2, 0.25) is 0 Å². The standard InChI is InChI=1S/C14H12F2N2O4S/c15-12-4-2-1-3-10(12)7-8-17-23(21,22)11-5-6-13(16)14(9-11)18(19)20/h1-6,9,17H,7-8H2. The van der Waals surface area contributed by atoms with Crippen LogP contribution in [-0.4, -0.2) is 19.9 Å². The maximum atomic E-state index is 13.4. The van der Waals surface area contributed by atoms with Crippen LogP contribution in [0.5, 0.6) is 0 Å². The van der Waals surface area contributed by atoms with Crippen molar-refractivity contribution in [2.24, 2.45) is 0 Å². The summed E-state index contributed by atoms with van der Waals surface area (Å²) in [5, 5.41) is 10.6. The molecule has 0 fully saturated rings. The third-order valence-corrected chi connectivity index (χ3v) is 4.53. The molecule has 9 heteroatoms. The molecular formula is C14H12F2N2O4S. The van der Waals surface area contributed by atoms with Gasteiger partial charge in [-0.2, -0.15) is 4.39 Å². The Kier molecular flexibility index (Phi) is 5.02. The number of nitrogens with zero attached hydrogens (tertiary/aromatic N) is 1. The monoisotopic (exact) mass is 342 g/mol. The molecular weight excluding hydrogens is 330 g/mol. The van der Waals surface area contributed by atoms with Crippen molar-refractivity contribution in [3.05, 3.63) is 69.8 Å². The van der Waals surface area contributed by atoms with E-state index in [1.807, 2.05) is 0 Å². The van der Waals surface area contributed by atoms with E-state index in [-0.39, 0.29) is 13.0 Å². The normalized spacial score (nSPS) is 11.4. The van der Waals surface area contributed by atoms with Crippen molar-refractivity contribution in [3.63, 3.8) is 0 Å². The lowest BCUT2D eigenvalue weighted by Crippen LogP contribution is -2.26. The van der Waals surface area contributed by atoms with Crippen LogP contribution in [0.3, 0.4) is 0 Å². The second-order valence-electron chi connectivity index (χ2n) is 4.61. The number of rotatable bonds is 6. The van der Waals surface area contributed by atoms with Crippen molar-refractivity contribution in [1.29, 1.82) is 0 Å². The van der Waals surface area contributed by atoms with E-state index < -0.39 is 37.2 Å². The molecule has 1 N–H and O–H groups in total. The molecule has 0 heterocycles. The highest BCUT2D eigenvalue weighted by atomic mass is 32.2. The Morgan fingerprint density at radius 3 is 2.43 bits per heavy atom. The first-order valence-corrected chi connectivity index (χ1v) is 7.96. The van der Waals surface area contributed by atoms with Gasteiger partial charge in [-0.05, 0) is 30.2 Å². The zero-order valence-electron chi connectivity index (χ0n) is 11.7. The highest BCUT2D eigenvalue weighted by Gasteiger charge is 2.21. The van der Waals surface area contributed by atoms with E-state index in [1.165, 1.54) is 18.2 Å². The van der Waals surface area contributed by atoms with E-state index in [2.05, 4.69) is 4.72 Å². The number of halogens is 2. The van der Waals surface area contributed by atoms with Crippen molar-refractivity contribution in [2.75, 3.05) is 6.54 Å². The molecule has 2 aromatic rings. The predicted octanol–water partition coefficient (Wildman–Crippen LogP) is 2.39. The fourth-order valence-electron chi connectivity index (χ4n) is 1.90. The summed E-state index contributed by atoms with van der Waals surface area (Å²) in [5.74, 6) is -1.58. The van der Waals surface area contributed by atoms with Gasteiger partial charge in [-0.15, -0.1) is 0 Å². The molecule has 2 rings (SSSR count). The Hall–Kier alpha value is -2.39. The number of hydrogen-bond donors (Lipinski definition) is 1. The molecule has 0 aromatic heterocycles. The molecule has 0 aliphatic carbocycles. The number of hydrogen-bond acceptors (Lipinski definition) is 4. The molecule has 0 amide bonds. The maximum Gasteiger partial charge on any atom is 0.306 e. The zero-order valence-corrected chi connectivity index (χ0v) is 12.5. The predicted molar refractivity (Wildman–Crippen MR) is 78.3 cm³/mol. The summed E-state index contributed by atoms with van der Waals surface area (Å²) in [5.41, 5.74) is -0.595. The van der Waals surface area contributed by atoms with Gasteiger partial charge >= 0.3 is 5.69 Å². The van der Waals surface area contributed by atoms with Crippen LogP contribution >= 0.6 is 0 Å². The Morgan fingerprint density at radius 2 is 1.78 bits per heavy atom. The molecule has 122 valence electrons. The van der Waals surface area contributed by atoms with Gasteiger partial charge in [0.05, 0.1) is 9.82 Å². The van der Waals surface area contributed by atoms with E-state index in [0.29, 0.717) is 17.7 Å². The molecule has 0 saturated carbocycles. The Morgan fingerprint density at radius 1 is 1.09 bits per heavy atom. The van der Waals surface area contributed by atoms with Gasteiger partial charge in [-0.25, -0.2) is 17.5 Å². The lowest BCUT2D eigenvalue weighted by atomic mass is 10.1. The van der Waals surface area contributed by atoms with Crippen LogP contribution < -0.4 is 4.72 Å². The number of nitro benzene ring substituents is 1. The minimum Gasteiger partial charge on any atom is -0.258 e. The molecule has 0 aliphatic rings. The largest absolute Gasteiger partial charge is 0.306 e. The van der Waals surface area contributed by atoms with E-state index >= 15 is 0 Å². The highest BCUT2D eigenvalue weighted by molar-refractivity contribution is 7.89. The van der Waals surface area contributed by atoms with Gasteiger partial charge in [-0.3, -0.25) is 10.1 Å².